The Morgan fingerprint density at radius 3 is 2.71 bits per heavy atom. The number of rotatable bonds is 4. The monoisotopic (exact) mass is 324 g/mol. The maximum atomic E-state index is 6.27. The van der Waals surface area contributed by atoms with Crippen LogP contribution in [0.5, 0.6) is 11.5 Å². The summed E-state index contributed by atoms with van der Waals surface area (Å²) in [6.07, 6.45) is 2.31. The number of fused-ring (bicyclic) bond motifs is 1. The minimum atomic E-state index is 0.481. The number of aromatic nitrogens is 2. The molecule has 0 bridgehead atoms. The molecule has 2 aliphatic rings. The molecule has 0 spiro atoms. The molecule has 1 aliphatic heterocycles. The third-order valence-electron chi connectivity index (χ3n) is 3.36. The summed E-state index contributed by atoms with van der Waals surface area (Å²) in [5.41, 5.74) is 0. The largest absolute Gasteiger partial charge is 0.486 e. The fourth-order valence-electron chi connectivity index (χ4n) is 2.12. The Bertz CT molecular complexity index is 672. The van der Waals surface area contributed by atoms with Crippen molar-refractivity contribution in [3.63, 3.8) is 0 Å². The molecule has 1 aromatic carbocycles. The lowest BCUT2D eigenvalue weighted by molar-refractivity contribution is 0.171. The van der Waals surface area contributed by atoms with E-state index in [1.54, 1.807) is 17.8 Å². The van der Waals surface area contributed by atoms with Crippen molar-refractivity contribution in [2.24, 2.45) is 0 Å². The Labute approximate surface area is 131 Å². The quantitative estimate of drug-likeness (QED) is 0.800. The van der Waals surface area contributed by atoms with Gasteiger partial charge in [0.05, 0.1) is 10.8 Å². The van der Waals surface area contributed by atoms with Crippen molar-refractivity contribution >= 4 is 23.4 Å². The second-order valence-corrected chi connectivity index (χ2v) is 6.46. The molecule has 0 radical (unpaired) electrons. The maximum absolute atomic E-state index is 6.27. The summed E-state index contributed by atoms with van der Waals surface area (Å²) in [5.74, 6) is 4.00. The van der Waals surface area contributed by atoms with Crippen molar-refractivity contribution in [1.82, 2.24) is 10.1 Å². The maximum Gasteiger partial charge on any atom is 0.229 e. The van der Waals surface area contributed by atoms with Gasteiger partial charge in [-0.2, -0.15) is 4.98 Å². The van der Waals surface area contributed by atoms with Gasteiger partial charge in [0.2, 0.25) is 5.89 Å². The van der Waals surface area contributed by atoms with Gasteiger partial charge in [0.1, 0.15) is 13.2 Å². The highest BCUT2D eigenvalue weighted by Gasteiger charge is 2.29. The molecule has 1 fully saturated rings. The molecule has 2 aromatic rings. The molecule has 0 amide bonds. The molecule has 4 rings (SSSR count). The minimum absolute atomic E-state index is 0.481. The highest BCUT2D eigenvalue weighted by molar-refractivity contribution is 7.98. The van der Waals surface area contributed by atoms with E-state index in [0.717, 1.165) is 29.4 Å². The first-order chi connectivity index (χ1) is 10.3. The Hall–Kier alpha value is -1.40. The summed E-state index contributed by atoms with van der Waals surface area (Å²) >= 11 is 7.84. The molecule has 110 valence electrons. The average Bonchev–Trinajstić information content (AvgIpc) is 3.24. The first-order valence-electron chi connectivity index (χ1n) is 6.84. The summed E-state index contributed by atoms with van der Waals surface area (Å²) in [6, 6.07) is 3.70. The highest BCUT2D eigenvalue weighted by Crippen LogP contribution is 2.41. The molecule has 0 atom stereocenters. The lowest BCUT2D eigenvalue weighted by Crippen LogP contribution is -2.15. The van der Waals surface area contributed by atoms with Crippen LogP contribution >= 0.6 is 23.4 Å². The number of thioether (sulfide) groups is 1. The molecule has 2 heterocycles. The summed E-state index contributed by atoms with van der Waals surface area (Å²) in [5, 5.41) is 4.65. The van der Waals surface area contributed by atoms with Gasteiger partial charge >= 0.3 is 0 Å². The molecule has 7 heteroatoms. The lowest BCUT2D eigenvalue weighted by Gasteiger charge is -2.19. The molecule has 1 saturated carbocycles. The minimum Gasteiger partial charge on any atom is -0.486 e. The van der Waals surface area contributed by atoms with Crippen molar-refractivity contribution < 1.29 is 14.0 Å². The van der Waals surface area contributed by atoms with Crippen molar-refractivity contribution in [2.75, 3.05) is 13.2 Å². The van der Waals surface area contributed by atoms with Crippen LogP contribution in [0, 0.1) is 0 Å². The zero-order valence-electron chi connectivity index (χ0n) is 11.2. The van der Waals surface area contributed by atoms with Gasteiger partial charge in [-0.15, -0.1) is 11.8 Å². The first-order valence-corrected chi connectivity index (χ1v) is 8.20. The van der Waals surface area contributed by atoms with Crippen LogP contribution < -0.4 is 9.47 Å². The molecule has 21 heavy (non-hydrogen) atoms. The Balaban J connectivity index is 1.48. The van der Waals surface area contributed by atoms with E-state index >= 15 is 0 Å². The predicted molar refractivity (Wildman–Crippen MR) is 78.3 cm³/mol. The second-order valence-electron chi connectivity index (χ2n) is 5.04. The third-order valence-corrected chi connectivity index (χ3v) is 4.84. The van der Waals surface area contributed by atoms with Crippen LogP contribution in [-0.2, 0) is 5.75 Å². The van der Waals surface area contributed by atoms with Gasteiger partial charge in [0.25, 0.3) is 0 Å². The lowest BCUT2D eigenvalue weighted by atomic mass is 10.3. The molecule has 1 aliphatic carbocycles. The Kier molecular flexibility index (Phi) is 3.43. The van der Waals surface area contributed by atoms with E-state index < -0.39 is 0 Å². The van der Waals surface area contributed by atoms with Crippen LogP contribution in [0.2, 0.25) is 5.02 Å². The van der Waals surface area contributed by atoms with E-state index in [2.05, 4.69) is 10.1 Å². The molecule has 0 saturated heterocycles. The van der Waals surface area contributed by atoms with Crippen molar-refractivity contribution in [1.29, 1.82) is 0 Å². The van der Waals surface area contributed by atoms with E-state index in [-0.39, 0.29) is 0 Å². The van der Waals surface area contributed by atoms with Gasteiger partial charge in [0.15, 0.2) is 17.3 Å². The van der Waals surface area contributed by atoms with Crippen LogP contribution in [0.15, 0.2) is 21.6 Å². The second kappa shape index (κ2) is 5.42. The molecule has 0 N–H and O–H groups in total. The fourth-order valence-corrected chi connectivity index (χ4v) is 3.23. The summed E-state index contributed by atoms with van der Waals surface area (Å²) in [7, 11) is 0. The Morgan fingerprint density at radius 1 is 1.19 bits per heavy atom. The zero-order valence-corrected chi connectivity index (χ0v) is 12.7. The fraction of sp³-hybridized carbons (Fsp3) is 0.429. The van der Waals surface area contributed by atoms with E-state index in [9.17, 15) is 0 Å². The van der Waals surface area contributed by atoms with Crippen LogP contribution in [0.1, 0.15) is 30.5 Å². The number of nitrogens with zero attached hydrogens (tertiary/aromatic N) is 2. The molecular formula is C14H13ClN2O3S. The van der Waals surface area contributed by atoms with Gasteiger partial charge in [-0.25, -0.2) is 0 Å². The number of hydrogen-bond donors (Lipinski definition) is 0. The molecular weight excluding hydrogens is 312 g/mol. The van der Waals surface area contributed by atoms with Crippen molar-refractivity contribution in [3.8, 4) is 11.5 Å². The van der Waals surface area contributed by atoms with Crippen LogP contribution in [0.3, 0.4) is 0 Å². The molecule has 1 aromatic heterocycles. The first kappa shape index (κ1) is 13.3. The number of benzene rings is 1. The smallest absolute Gasteiger partial charge is 0.229 e. The van der Waals surface area contributed by atoms with E-state index in [0.29, 0.717) is 41.5 Å². The van der Waals surface area contributed by atoms with Crippen molar-refractivity contribution in [2.45, 2.75) is 29.4 Å². The summed E-state index contributed by atoms with van der Waals surface area (Å²) in [4.78, 5) is 5.34. The topological polar surface area (TPSA) is 57.4 Å². The van der Waals surface area contributed by atoms with Gasteiger partial charge < -0.3 is 14.0 Å². The number of ether oxygens (including phenoxy) is 2. The predicted octanol–water partition coefficient (Wildman–Crippen LogP) is 3.66. The van der Waals surface area contributed by atoms with Gasteiger partial charge in [-0.05, 0) is 18.9 Å². The molecule has 0 unspecified atom stereocenters. The normalized spacial score (nSPS) is 17.0. The summed E-state index contributed by atoms with van der Waals surface area (Å²) in [6.45, 7) is 1.12. The third kappa shape index (κ3) is 2.82. The number of hydrogen-bond acceptors (Lipinski definition) is 6. The SMILES string of the molecule is Clc1cc2c(cc1SCc1noc(C3CC3)n1)OCCO2. The van der Waals surface area contributed by atoms with E-state index in [1.165, 1.54) is 0 Å². The molecule has 5 nitrogen and oxygen atoms in total. The van der Waals surface area contributed by atoms with Gasteiger partial charge in [0, 0.05) is 16.9 Å². The van der Waals surface area contributed by atoms with Crippen LogP contribution in [-0.4, -0.2) is 23.4 Å². The number of halogens is 1. The van der Waals surface area contributed by atoms with Gasteiger partial charge in [-0.1, -0.05) is 16.8 Å². The standard InChI is InChI=1S/C14H13ClN2O3S/c15-9-5-10-11(19-4-3-18-10)6-12(9)21-7-13-16-14(20-17-13)8-1-2-8/h5-6,8H,1-4,7H2. The highest BCUT2D eigenvalue weighted by atomic mass is 35.5. The summed E-state index contributed by atoms with van der Waals surface area (Å²) < 4.78 is 16.3. The zero-order chi connectivity index (χ0) is 14.2. The van der Waals surface area contributed by atoms with Crippen molar-refractivity contribution in [3.05, 3.63) is 28.9 Å². The van der Waals surface area contributed by atoms with Gasteiger partial charge in [-0.3, -0.25) is 0 Å². The van der Waals surface area contributed by atoms with Crippen LogP contribution in [0.4, 0.5) is 0 Å². The van der Waals surface area contributed by atoms with E-state index in [4.69, 9.17) is 25.6 Å². The van der Waals surface area contributed by atoms with E-state index in [1.807, 2.05) is 6.07 Å². The van der Waals surface area contributed by atoms with Crippen LogP contribution in [0.25, 0.3) is 0 Å². The average molecular weight is 325 g/mol. The Morgan fingerprint density at radius 2 is 1.95 bits per heavy atom.